The van der Waals surface area contributed by atoms with Crippen LogP contribution < -0.4 is 15.4 Å². The molecule has 1 fully saturated rings. The predicted octanol–water partition coefficient (Wildman–Crippen LogP) is 3.82. The zero-order chi connectivity index (χ0) is 24.1. The van der Waals surface area contributed by atoms with Gasteiger partial charge in [0.25, 0.3) is 11.8 Å². The van der Waals surface area contributed by atoms with Gasteiger partial charge in [0.1, 0.15) is 5.75 Å². The second-order valence-corrected chi connectivity index (χ2v) is 9.04. The molecule has 6 rings (SSSR count). The van der Waals surface area contributed by atoms with Gasteiger partial charge in [-0.3, -0.25) is 9.59 Å². The number of rotatable bonds is 5. The smallest absolute Gasteiger partial charge is 0.262 e. The monoisotopic (exact) mass is 468 g/mol. The minimum absolute atomic E-state index is 0.00550. The van der Waals surface area contributed by atoms with Crippen molar-refractivity contribution in [1.29, 1.82) is 0 Å². The molecule has 1 aliphatic carbocycles. The van der Waals surface area contributed by atoms with Crippen LogP contribution in [0.2, 0.25) is 0 Å². The van der Waals surface area contributed by atoms with Crippen molar-refractivity contribution in [2.45, 2.75) is 38.6 Å². The van der Waals surface area contributed by atoms with Crippen LogP contribution in [-0.4, -0.2) is 38.2 Å². The molecular formula is C26H24N6O3. The Morgan fingerprint density at radius 2 is 2.09 bits per heavy atom. The van der Waals surface area contributed by atoms with Crippen LogP contribution in [0.3, 0.4) is 0 Å². The fourth-order valence-corrected chi connectivity index (χ4v) is 4.44. The summed E-state index contributed by atoms with van der Waals surface area (Å²) in [6, 6.07) is 12.8. The maximum Gasteiger partial charge on any atom is 0.262 e. The molecule has 35 heavy (non-hydrogen) atoms. The number of hydrogen-bond acceptors (Lipinski definition) is 6. The molecule has 1 aromatic carbocycles. The van der Waals surface area contributed by atoms with E-state index in [1.54, 1.807) is 10.9 Å². The molecule has 0 saturated heterocycles. The quantitative estimate of drug-likeness (QED) is 0.461. The highest BCUT2D eigenvalue weighted by Crippen LogP contribution is 2.41. The molecule has 2 N–H and O–H groups in total. The number of hydrogen-bond donors (Lipinski definition) is 2. The van der Waals surface area contributed by atoms with Crippen LogP contribution >= 0.6 is 0 Å². The summed E-state index contributed by atoms with van der Waals surface area (Å²) in [6.07, 6.45) is 3.84. The summed E-state index contributed by atoms with van der Waals surface area (Å²) in [4.78, 5) is 34.6. The van der Waals surface area contributed by atoms with Gasteiger partial charge in [0.15, 0.2) is 18.1 Å². The van der Waals surface area contributed by atoms with Crippen molar-refractivity contribution in [2.75, 3.05) is 11.9 Å². The van der Waals surface area contributed by atoms with Gasteiger partial charge in [0, 0.05) is 17.8 Å². The average Bonchev–Trinajstić information content (AvgIpc) is 3.67. The molecule has 2 aliphatic rings. The number of carbonyl (C=O) groups is 2. The Morgan fingerprint density at radius 1 is 1.23 bits per heavy atom. The molecule has 176 valence electrons. The third-order valence-corrected chi connectivity index (χ3v) is 6.42. The Labute approximate surface area is 201 Å². The fraction of sp³-hybridized carbons (Fsp3) is 0.269. The Bertz CT molecular complexity index is 1480. The molecule has 0 spiro atoms. The van der Waals surface area contributed by atoms with Crippen LogP contribution in [0.25, 0.3) is 16.9 Å². The standard InChI is InChI=1S/C26H24N6O3/c1-14(17-8-9-21-20(11-17)29-23(33)13-35-21)28-26(34)18-12-19(16-6-7-16)30-25-24(18)15(2)31-32(25)22-5-3-4-10-27-22/h3-5,8-12,14,16H,6-7,13H2,1-2H3,(H,28,34)(H,29,33). The van der Waals surface area contributed by atoms with Gasteiger partial charge in [-0.2, -0.15) is 9.78 Å². The second kappa shape index (κ2) is 8.19. The van der Waals surface area contributed by atoms with Gasteiger partial charge < -0.3 is 15.4 Å². The molecule has 1 atom stereocenters. The maximum atomic E-state index is 13.6. The Morgan fingerprint density at radius 3 is 2.86 bits per heavy atom. The van der Waals surface area contributed by atoms with Crippen molar-refractivity contribution in [3.8, 4) is 11.6 Å². The summed E-state index contributed by atoms with van der Waals surface area (Å²) in [5.74, 6) is 1.24. The van der Waals surface area contributed by atoms with E-state index in [2.05, 4.69) is 20.7 Å². The van der Waals surface area contributed by atoms with Crippen LogP contribution in [-0.2, 0) is 4.79 Å². The number of ether oxygens (including phenoxy) is 1. The van der Waals surface area contributed by atoms with Crippen molar-refractivity contribution < 1.29 is 14.3 Å². The number of anilines is 1. The van der Waals surface area contributed by atoms with E-state index in [9.17, 15) is 9.59 Å². The van der Waals surface area contributed by atoms with Gasteiger partial charge in [0.05, 0.1) is 28.4 Å². The van der Waals surface area contributed by atoms with Gasteiger partial charge in [-0.05, 0) is 62.6 Å². The Kier molecular flexibility index (Phi) is 4.98. The molecule has 1 aliphatic heterocycles. The number of carbonyl (C=O) groups excluding carboxylic acids is 2. The lowest BCUT2D eigenvalue weighted by Crippen LogP contribution is -2.28. The zero-order valence-electron chi connectivity index (χ0n) is 19.4. The average molecular weight is 469 g/mol. The van der Waals surface area contributed by atoms with Gasteiger partial charge in [-0.15, -0.1) is 0 Å². The largest absolute Gasteiger partial charge is 0.482 e. The summed E-state index contributed by atoms with van der Waals surface area (Å²) in [6.45, 7) is 3.80. The first kappa shape index (κ1) is 21.3. The van der Waals surface area contributed by atoms with Crippen molar-refractivity contribution in [3.05, 3.63) is 71.2 Å². The number of nitrogens with zero attached hydrogens (tertiary/aromatic N) is 4. The van der Waals surface area contributed by atoms with Crippen molar-refractivity contribution in [3.63, 3.8) is 0 Å². The molecule has 9 heteroatoms. The van der Waals surface area contributed by atoms with E-state index >= 15 is 0 Å². The van der Waals surface area contributed by atoms with Gasteiger partial charge >= 0.3 is 0 Å². The van der Waals surface area contributed by atoms with E-state index in [4.69, 9.17) is 9.72 Å². The number of fused-ring (bicyclic) bond motifs is 2. The fourth-order valence-electron chi connectivity index (χ4n) is 4.44. The van der Waals surface area contributed by atoms with Crippen molar-refractivity contribution in [1.82, 2.24) is 25.1 Å². The molecule has 4 heterocycles. The van der Waals surface area contributed by atoms with E-state index in [0.29, 0.717) is 40.1 Å². The van der Waals surface area contributed by atoms with Crippen LogP contribution in [0.5, 0.6) is 5.75 Å². The summed E-state index contributed by atoms with van der Waals surface area (Å²) in [5.41, 5.74) is 4.27. The first-order chi connectivity index (χ1) is 17.0. The molecule has 1 unspecified atom stereocenters. The third-order valence-electron chi connectivity index (χ3n) is 6.42. The molecule has 4 aromatic rings. The number of benzene rings is 1. The molecule has 1 saturated carbocycles. The lowest BCUT2D eigenvalue weighted by atomic mass is 10.0. The highest BCUT2D eigenvalue weighted by Gasteiger charge is 2.29. The molecule has 3 aromatic heterocycles. The van der Waals surface area contributed by atoms with E-state index < -0.39 is 0 Å². The van der Waals surface area contributed by atoms with E-state index in [1.165, 1.54) is 0 Å². The minimum Gasteiger partial charge on any atom is -0.482 e. The van der Waals surface area contributed by atoms with E-state index in [-0.39, 0.29) is 24.5 Å². The zero-order valence-corrected chi connectivity index (χ0v) is 19.4. The highest BCUT2D eigenvalue weighted by atomic mass is 16.5. The van der Waals surface area contributed by atoms with Gasteiger partial charge in [-0.1, -0.05) is 12.1 Å². The van der Waals surface area contributed by atoms with Crippen LogP contribution in [0.15, 0.2) is 48.7 Å². The molecule has 9 nitrogen and oxygen atoms in total. The number of aromatic nitrogens is 4. The van der Waals surface area contributed by atoms with Crippen molar-refractivity contribution in [2.24, 2.45) is 0 Å². The normalized spacial score (nSPS) is 15.8. The summed E-state index contributed by atoms with van der Waals surface area (Å²) in [5, 5.41) is 11.3. The second-order valence-electron chi connectivity index (χ2n) is 9.04. The van der Waals surface area contributed by atoms with Crippen LogP contribution in [0, 0.1) is 6.92 Å². The van der Waals surface area contributed by atoms with Crippen LogP contribution in [0.1, 0.15) is 59.0 Å². The van der Waals surface area contributed by atoms with Crippen LogP contribution in [0.4, 0.5) is 5.69 Å². The van der Waals surface area contributed by atoms with Gasteiger partial charge in [0.2, 0.25) is 0 Å². The lowest BCUT2D eigenvalue weighted by Gasteiger charge is -2.21. The summed E-state index contributed by atoms with van der Waals surface area (Å²) in [7, 11) is 0. The first-order valence-corrected chi connectivity index (χ1v) is 11.7. The predicted molar refractivity (Wildman–Crippen MR) is 130 cm³/mol. The Balaban J connectivity index is 1.37. The SMILES string of the molecule is Cc1nn(-c2ccccn2)c2nc(C3CC3)cc(C(=O)NC(C)c3ccc4c(c3)NC(=O)CO4)c12. The molecular weight excluding hydrogens is 444 g/mol. The number of aryl methyl sites for hydroxylation is 1. The van der Waals surface area contributed by atoms with Crippen molar-refractivity contribution >= 4 is 28.5 Å². The third kappa shape index (κ3) is 3.88. The molecule has 0 bridgehead atoms. The number of pyridine rings is 2. The lowest BCUT2D eigenvalue weighted by molar-refractivity contribution is -0.118. The number of amides is 2. The molecule has 0 radical (unpaired) electrons. The number of nitrogens with one attached hydrogen (secondary N) is 2. The van der Waals surface area contributed by atoms with E-state index in [0.717, 1.165) is 29.5 Å². The Hall–Kier alpha value is -4.27. The minimum atomic E-state index is -0.301. The summed E-state index contributed by atoms with van der Waals surface area (Å²) < 4.78 is 7.15. The maximum absolute atomic E-state index is 13.6. The van der Waals surface area contributed by atoms with E-state index in [1.807, 2.05) is 56.3 Å². The first-order valence-electron chi connectivity index (χ1n) is 11.7. The highest BCUT2D eigenvalue weighted by molar-refractivity contribution is 6.07. The summed E-state index contributed by atoms with van der Waals surface area (Å²) >= 11 is 0. The molecule has 2 amide bonds. The van der Waals surface area contributed by atoms with Gasteiger partial charge in [-0.25, -0.2) is 9.97 Å². The topological polar surface area (TPSA) is 111 Å².